The number of benzene rings is 1. The van der Waals surface area contributed by atoms with Crippen LogP contribution < -0.4 is 16.0 Å². The summed E-state index contributed by atoms with van der Waals surface area (Å²) >= 11 is 7.51. The number of nitrogens with zero attached hydrogens (tertiary/aromatic N) is 2. The Kier molecular flexibility index (Phi) is 3.92. The van der Waals surface area contributed by atoms with Crippen LogP contribution in [0.5, 0.6) is 5.75 Å². The monoisotopic (exact) mass is 320 g/mol. The lowest BCUT2D eigenvalue weighted by molar-refractivity contribution is 0.294. The molecular weight excluding hydrogens is 308 g/mol. The molecule has 0 saturated heterocycles. The van der Waals surface area contributed by atoms with E-state index in [9.17, 15) is 0 Å². The molecule has 7 heteroatoms. The largest absolute Gasteiger partial charge is 0.485 e. The lowest BCUT2D eigenvalue weighted by Crippen LogP contribution is -2.11. The predicted molar refractivity (Wildman–Crippen MR) is 85.7 cm³/mol. The molecule has 3 N–H and O–H groups in total. The molecule has 0 unspecified atom stereocenters. The van der Waals surface area contributed by atoms with Crippen LogP contribution in [-0.4, -0.2) is 9.97 Å². The number of aromatic nitrogens is 2. The Hall–Kier alpha value is -1.89. The summed E-state index contributed by atoms with van der Waals surface area (Å²) < 4.78 is 5.76. The summed E-state index contributed by atoms with van der Waals surface area (Å²) in [4.78, 5) is 9.70. The van der Waals surface area contributed by atoms with Crippen LogP contribution in [0.2, 0.25) is 5.02 Å². The summed E-state index contributed by atoms with van der Waals surface area (Å²) in [6.45, 7) is 2.21. The number of thiophene rings is 1. The van der Waals surface area contributed by atoms with Crippen molar-refractivity contribution >= 4 is 39.0 Å². The highest BCUT2D eigenvalue weighted by Crippen LogP contribution is 2.26. The van der Waals surface area contributed by atoms with E-state index in [4.69, 9.17) is 22.2 Å². The SMILES string of the molecule is Cc1ccc(Cl)cc1OCc1nc(NN)c2ccsc2n1. The molecule has 2 aromatic heterocycles. The molecule has 21 heavy (non-hydrogen) atoms. The second-order valence-corrected chi connectivity index (χ2v) is 5.80. The van der Waals surface area contributed by atoms with Crippen LogP contribution in [0.1, 0.15) is 11.4 Å². The van der Waals surface area contributed by atoms with E-state index in [-0.39, 0.29) is 6.61 Å². The first-order chi connectivity index (χ1) is 10.2. The average Bonchev–Trinajstić information content (AvgIpc) is 2.95. The zero-order valence-electron chi connectivity index (χ0n) is 11.3. The smallest absolute Gasteiger partial charge is 0.169 e. The zero-order valence-corrected chi connectivity index (χ0v) is 12.8. The van der Waals surface area contributed by atoms with Gasteiger partial charge in [-0.25, -0.2) is 15.8 Å². The number of nitrogens with one attached hydrogen (secondary N) is 1. The topological polar surface area (TPSA) is 73.1 Å². The maximum absolute atomic E-state index is 5.97. The molecule has 0 aliphatic rings. The Morgan fingerprint density at radius 1 is 1.33 bits per heavy atom. The van der Waals surface area contributed by atoms with Gasteiger partial charge in [0.05, 0.1) is 5.39 Å². The number of nitrogen functional groups attached to an aromatic ring is 1. The fourth-order valence-corrected chi connectivity index (χ4v) is 2.89. The molecule has 0 atom stereocenters. The third-order valence-corrected chi connectivity index (χ3v) is 4.06. The Morgan fingerprint density at radius 2 is 2.19 bits per heavy atom. The normalized spacial score (nSPS) is 10.8. The van der Waals surface area contributed by atoms with Gasteiger partial charge in [-0.3, -0.25) is 0 Å². The first kappa shape index (κ1) is 14.1. The van der Waals surface area contributed by atoms with Crippen molar-refractivity contribution in [3.8, 4) is 5.75 Å². The fraction of sp³-hybridized carbons (Fsp3) is 0.143. The molecule has 0 fully saturated rings. The van der Waals surface area contributed by atoms with Gasteiger partial charge in [0.15, 0.2) is 11.6 Å². The lowest BCUT2D eigenvalue weighted by Gasteiger charge is -2.10. The summed E-state index contributed by atoms with van der Waals surface area (Å²) in [5.74, 6) is 7.39. The molecule has 108 valence electrons. The van der Waals surface area contributed by atoms with Crippen LogP contribution in [0.3, 0.4) is 0 Å². The second-order valence-electron chi connectivity index (χ2n) is 4.47. The van der Waals surface area contributed by atoms with E-state index in [1.807, 2.05) is 30.5 Å². The molecule has 2 heterocycles. The van der Waals surface area contributed by atoms with E-state index in [0.717, 1.165) is 21.5 Å². The van der Waals surface area contributed by atoms with E-state index in [1.54, 1.807) is 6.07 Å². The van der Waals surface area contributed by atoms with E-state index in [0.29, 0.717) is 16.7 Å². The average molecular weight is 321 g/mol. The molecule has 0 saturated carbocycles. The fourth-order valence-electron chi connectivity index (χ4n) is 1.95. The minimum atomic E-state index is 0.254. The number of fused-ring (bicyclic) bond motifs is 1. The highest BCUT2D eigenvalue weighted by atomic mass is 35.5. The molecule has 0 aliphatic heterocycles. The van der Waals surface area contributed by atoms with Crippen LogP contribution in [0.4, 0.5) is 5.82 Å². The first-order valence-corrected chi connectivity index (χ1v) is 7.53. The van der Waals surface area contributed by atoms with Gasteiger partial charge in [-0.15, -0.1) is 11.3 Å². The van der Waals surface area contributed by atoms with Gasteiger partial charge >= 0.3 is 0 Å². The number of nitrogens with two attached hydrogens (primary N) is 1. The number of hydrazine groups is 1. The van der Waals surface area contributed by atoms with Crippen LogP contribution >= 0.6 is 22.9 Å². The molecular formula is C14H13ClN4OS. The molecule has 0 aliphatic carbocycles. The van der Waals surface area contributed by atoms with Gasteiger partial charge < -0.3 is 10.2 Å². The first-order valence-electron chi connectivity index (χ1n) is 6.27. The highest BCUT2D eigenvalue weighted by Gasteiger charge is 2.09. The molecule has 0 spiro atoms. The van der Waals surface area contributed by atoms with Gasteiger partial charge in [-0.1, -0.05) is 17.7 Å². The third kappa shape index (κ3) is 2.92. The number of anilines is 1. The van der Waals surface area contributed by atoms with Crippen molar-refractivity contribution in [2.24, 2.45) is 5.84 Å². The predicted octanol–water partition coefficient (Wildman–Crippen LogP) is 3.52. The van der Waals surface area contributed by atoms with Crippen LogP contribution in [0, 0.1) is 6.92 Å². The Morgan fingerprint density at radius 3 is 3.00 bits per heavy atom. The van der Waals surface area contributed by atoms with E-state index in [1.165, 1.54) is 11.3 Å². The quantitative estimate of drug-likeness (QED) is 0.568. The third-order valence-electron chi connectivity index (χ3n) is 3.02. The second kappa shape index (κ2) is 5.85. The molecule has 5 nitrogen and oxygen atoms in total. The molecule has 0 amide bonds. The van der Waals surface area contributed by atoms with Gasteiger partial charge in [0.2, 0.25) is 0 Å². The summed E-state index contributed by atoms with van der Waals surface area (Å²) in [5, 5.41) is 3.49. The van der Waals surface area contributed by atoms with Crippen molar-refractivity contribution in [3.05, 3.63) is 46.1 Å². The minimum absolute atomic E-state index is 0.254. The maximum Gasteiger partial charge on any atom is 0.169 e. The zero-order chi connectivity index (χ0) is 14.8. The Balaban J connectivity index is 1.86. The van der Waals surface area contributed by atoms with Crippen molar-refractivity contribution in [3.63, 3.8) is 0 Å². The van der Waals surface area contributed by atoms with Crippen molar-refractivity contribution in [1.82, 2.24) is 9.97 Å². The molecule has 3 aromatic rings. The minimum Gasteiger partial charge on any atom is -0.485 e. The Labute approximate surface area is 130 Å². The van der Waals surface area contributed by atoms with E-state index in [2.05, 4.69) is 15.4 Å². The summed E-state index contributed by atoms with van der Waals surface area (Å²) in [5.41, 5.74) is 3.60. The van der Waals surface area contributed by atoms with E-state index >= 15 is 0 Å². The van der Waals surface area contributed by atoms with Gasteiger partial charge in [0.25, 0.3) is 0 Å². The van der Waals surface area contributed by atoms with Gasteiger partial charge in [-0.2, -0.15) is 0 Å². The molecule has 0 bridgehead atoms. The number of halogens is 1. The molecule has 1 aromatic carbocycles. The van der Waals surface area contributed by atoms with Crippen molar-refractivity contribution in [2.75, 3.05) is 5.43 Å². The summed E-state index contributed by atoms with van der Waals surface area (Å²) in [6, 6.07) is 7.45. The Bertz CT molecular complexity index is 790. The molecule has 3 rings (SSSR count). The molecule has 0 radical (unpaired) electrons. The maximum atomic E-state index is 5.97. The highest BCUT2D eigenvalue weighted by molar-refractivity contribution is 7.16. The number of hydrogen-bond acceptors (Lipinski definition) is 6. The van der Waals surface area contributed by atoms with Gasteiger partial charge in [0, 0.05) is 5.02 Å². The number of aryl methyl sites for hydroxylation is 1. The number of ether oxygens (including phenoxy) is 1. The van der Waals surface area contributed by atoms with Crippen LogP contribution in [0.25, 0.3) is 10.2 Å². The lowest BCUT2D eigenvalue weighted by atomic mass is 10.2. The number of hydrogen-bond donors (Lipinski definition) is 2. The standard InChI is InChI=1S/C14H13ClN4OS/c1-8-2-3-9(15)6-11(8)20-7-12-17-13(19-16)10-4-5-21-14(10)18-12/h2-6H,7,16H2,1H3,(H,17,18,19). The van der Waals surface area contributed by atoms with Crippen LogP contribution in [-0.2, 0) is 6.61 Å². The van der Waals surface area contributed by atoms with Crippen molar-refractivity contribution < 1.29 is 4.74 Å². The summed E-state index contributed by atoms with van der Waals surface area (Å²) in [7, 11) is 0. The van der Waals surface area contributed by atoms with Crippen molar-refractivity contribution in [2.45, 2.75) is 13.5 Å². The van der Waals surface area contributed by atoms with Gasteiger partial charge in [0.1, 0.15) is 17.2 Å². The van der Waals surface area contributed by atoms with Crippen molar-refractivity contribution in [1.29, 1.82) is 0 Å². The van der Waals surface area contributed by atoms with Crippen LogP contribution in [0.15, 0.2) is 29.6 Å². The number of rotatable bonds is 4. The summed E-state index contributed by atoms with van der Waals surface area (Å²) in [6.07, 6.45) is 0. The van der Waals surface area contributed by atoms with Gasteiger partial charge in [-0.05, 0) is 36.1 Å². The van der Waals surface area contributed by atoms with E-state index < -0.39 is 0 Å².